The van der Waals surface area contributed by atoms with Crippen molar-refractivity contribution in [3.63, 3.8) is 0 Å². The minimum absolute atomic E-state index is 0. The summed E-state index contributed by atoms with van der Waals surface area (Å²) in [5, 5.41) is 9.69. The molecule has 1 unspecified atom stereocenters. The van der Waals surface area contributed by atoms with Gasteiger partial charge in [-0.2, -0.15) is 0 Å². The average molecular weight is 550 g/mol. The minimum Gasteiger partial charge on any atom is -0.493 e. The molecule has 0 saturated heterocycles. The number of aliphatic imine (C=N–C) groups is 1. The highest BCUT2D eigenvalue weighted by atomic mass is 127. The Balaban J connectivity index is 0.00000363. The molecular formula is C25H35IN4O2. The lowest BCUT2D eigenvalue weighted by Gasteiger charge is -2.12. The number of fused-ring (bicyclic) bond motifs is 1. The van der Waals surface area contributed by atoms with E-state index in [2.05, 4.69) is 53.0 Å². The standard InChI is InChI=1S/C25H34N4O2.HI/c1-4-18(3)29-24(30)21-9-6-20(7-10-21)17-28-25(26-5-2)27-14-12-19-8-11-23-22(16-19)13-15-31-23;/h6-11,16,18H,4-5,12-15,17H2,1-3H3,(H,29,30)(H2,26,27,28);1H. The summed E-state index contributed by atoms with van der Waals surface area (Å²) < 4.78 is 5.58. The number of ether oxygens (including phenoxy) is 1. The molecule has 1 heterocycles. The van der Waals surface area contributed by atoms with Crippen LogP contribution in [0.15, 0.2) is 47.5 Å². The van der Waals surface area contributed by atoms with E-state index in [1.54, 1.807) is 0 Å². The molecule has 1 aliphatic rings. The van der Waals surface area contributed by atoms with Crippen LogP contribution < -0.4 is 20.7 Å². The molecule has 3 rings (SSSR count). The van der Waals surface area contributed by atoms with Crippen molar-refractivity contribution in [2.24, 2.45) is 4.99 Å². The maximum Gasteiger partial charge on any atom is 0.251 e. The van der Waals surface area contributed by atoms with Crippen LogP contribution in [-0.4, -0.2) is 37.6 Å². The van der Waals surface area contributed by atoms with Gasteiger partial charge >= 0.3 is 0 Å². The summed E-state index contributed by atoms with van der Waals surface area (Å²) in [6, 6.07) is 14.3. The van der Waals surface area contributed by atoms with Crippen LogP contribution in [0.2, 0.25) is 0 Å². The molecule has 0 bridgehead atoms. The topological polar surface area (TPSA) is 74.8 Å². The van der Waals surface area contributed by atoms with Crippen LogP contribution in [0.3, 0.4) is 0 Å². The molecule has 174 valence electrons. The van der Waals surface area contributed by atoms with Crippen LogP contribution in [0, 0.1) is 0 Å². The monoisotopic (exact) mass is 550 g/mol. The third-order valence-electron chi connectivity index (χ3n) is 5.43. The van der Waals surface area contributed by atoms with Crippen molar-refractivity contribution in [2.75, 3.05) is 19.7 Å². The molecule has 2 aromatic rings. The summed E-state index contributed by atoms with van der Waals surface area (Å²) in [7, 11) is 0. The van der Waals surface area contributed by atoms with Crippen LogP contribution in [0.4, 0.5) is 0 Å². The Morgan fingerprint density at radius 1 is 1.09 bits per heavy atom. The molecule has 0 aromatic heterocycles. The molecule has 7 heteroatoms. The van der Waals surface area contributed by atoms with Crippen LogP contribution in [0.1, 0.15) is 54.2 Å². The zero-order chi connectivity index (χ0) is 22.1. The van der Waals surface area contributed by atoms with Crippen molar-refractivity contribution in [3.8, 4) is 5.75 Å². The van der Waals surface area contributed by atoms with E-state index < -0.39 is 0 Å². The number of carbonyl (C=O) groups excluding carboxylic acids is 1. The van der Waals surface area contributed by atoms with Gasteiger partial charge in [-0.3, -0.25) is 4.79 Å². The number of halogens is 1. The zero-order valence-electron chi connectivity index (χ0n) is 19.2. The van der Waals surface area contributed by atoms with Crippen molar-refractivity contribution >= 4 is 35.8 Å². The quantitative estimate of drug-likeness (QED) is 0.250. The molecule has 1 aliphatic heterocycles. The number of benzene rings is 2. The van der Waals surface area contributed by atoms with E-state index in [0.717, 1.165) is 56.2 Å². The van der Waals surface area contributed by atoms with Gasteiger partial charge in [-0.1, -0.05) is 31.2 Å². The first kappa shape index (κ1) is 26.0. The largest absolute Gasteiger partial charge is 0.493 e. The Hall–Kier alpha value is -2.29. The van der Waals surface area contributed by atoms with E-state index in [9.17, 15) is 4.79 Å². The smallest absolute Gasteiger partial charge is 0.251 e. The zero-order valence-corrected chi connectivity index (χ0v) is 21.6. The van der Waals surface area contributed by atoms with E-state index in [1.165, 1.54) is 11.1 Å². The summed E-state index contributed by atoms with van der Waals surface area (Å²) in [4.78, 5) is 16.9. The summed E-state index contributed by atoms with van der Waals surface area (Å²) in [6.07, 6.45) is 2.84. The van der Waals surface area contributed by atoms with E-state index in [4.69, 9.17) is 4.74 Å². The Bertz CT molecular complexity index is 899. The van der Waals surface area contributed by atoms with Gasteiger partial charge < -0.3 is 20.7 Å². The summed E-state index contributed by atoms with van der Waals surface area (Å²) >= 11 is 0. The minimum atomic E-state index is -0.0301. The van der Waals surface area contributed by atoms with Gasteiger partial charge in [0, 0.05) is 31.1 Å². The summed E-state index contributed by atoms with van der Waals surface area (Å²) in [6.45, 7) is 9.08. The Kier molecular flexibility index (Phi) is 10.8. The highest BCUT2D eigenvalue weighted by Crippen LogP contribution is 2.25. The predicted octanol–water partition coefficient (Wildman–Crippen LogP) is 4.07. The van der Waals surface area contributed by atoms with Gasteiger partial charge in [0.25, 0.3) is 5.91 Å². The summed E-state index contributed by atoms with van der Waals surface area (Å²) in [5.41, 5.74) is 4.35. The lowest BCUT2D eigenvalue weighted by atomic mass is 10.1. The van der Waals surface area contributed by atoms with Gasteiger partial charge in [-0.25, -0.2) is 4.99 Å². The fourth-order valence-corrected chi connectivity index (χ4v) is 3.40. The van der Waals surface area contributed by atoms with Crippen molar-refractivity contribution in [1.82, 2.24) is 16.0 Å². The van der Waals surface area contributed by atoms with Gasteiger partial charge in [-0.05, 0) is 61.6 Å². The third-order valence-corrected chi connectivity index (χ3v) is 5.43. The van der Waals surface area contributed by atoms with Crippen molar-refractivity contribution in [1.29, 1.82) is 0 Å². The van der Waals surface area contributed by atoms with Crippen molar-refractivity contribution < 1.29 is 9.53 Å². The second-order valence-corrected chi connectivity index (χ2v) is 7.89. The number of nitrogens with one attached hydrogen (secondary N) is 3. The lowest BCUT2D eigenvalue weighted by Crippen LogP contribution is -2.38. The molecule has 1 atom stereocenters. The normalized spacial score (nSPS) is 13.4. The molecule has 0 radical (unpaired) electrons. The number of rotatable bonds is 9. The van der Waals surface area contributed by atoms with Crippen LogP contribution >= 0.6 is 24.0 Å². The lowest BCUT2D eigenvalue weighted by molar-refractivity contribution is 0.0939. The van der Waals surface area contributed by atoms with Gasteiger partial charge in [0.15, 0.2) is 5.96 Å². The number of nitrogens with zero attached hydrogens (tertiary/aromatic N) is 1. The first-order chi connectivity index (χ1) is 15.1. The molecule has 2 aromatic carbocycles. The van der Waals surface area contributed by atoms with Crippen LogP contribution in [0.25, 0.3) is 0 Å². The molecule has 3 N–H and O–H groups in total. The number of hydrogen-bond acceptors (Lipinski definition) is 3. The number of amides is 1. The van der Waals surface area contributed by atoms with E-state index in [1.807, 2.05) is 31.2 Å². The number of carbonyl (C=O) groups is 1. The predicted molar refractivity (Wildman–Crippen MR) is 141 cm³/mol. The van der Waals surface area contributed by atoms with Crippen LogP contribution in [0.5, 0.6) is 5.75 Å². The Labute approximate surface area is 208 Å². The van der Waals surface area contributed by atoms with Gasteiger partial charge in [0.1, 0.15) is 5.75 Å². The van der Waals surface area contributed by atoms with Gasteiger partial charge in [0.05, 0.1) is 13.2 Å². The van der Waals surface area contributed by atoms with Gasteiger partial charge in [-0.15, -0.1) is 24.0 Å². The van der Waals surface area contributed by atoms with Crippen LogP contribution in [-0.2, 0) is 19.4 Å². The molecule has 0 spiro atoms. The molecule has 0 fully saturated rings. The third kappa shape index (κ3) is 7.69. The molecule has 1 amide bonds. The summed E-state index contributed by atoms with van der Waals surface area (Å²) in [5.74, 6) is 1.79. The van der Waals surface area contributed by atoms with Crippen molar-refractivity contribution in [2.45, 2.75) is 52.6 Å². The maximum absolute atomic E-state index is 12.2. The SMILES string of the molecule is CCNC(=NCc1ccc(C(=O)NC(C)CC)cc1)NCCc1ccc2c(c1)CCO2.I. The van der Waals surface area contributed by atoms with Crippen molar-refractivity contribution in [3.05, 3.63) is 64.7 Å². The highest BCUT2D eigenvalue weighted by molar-refractivity contribution is 14.0. The number of hydrogen-bond donors (Lipinski definition) is 3. The Morgan fingerprint density at radius 2 is 1.84 bits per heavy atom. The Morgan fingerprint density at radius 3 is 2.56 bits per heavy atom. The molecule has 0 saturated carbocycles. The van der Waals surface area contributed by atoms with Gasteiger partial charge in [0.2, 0.25) is 0 Å². The first-order valence-electron chi connectivity index (χ1n) is 11.3. The fraction of sp³-hybridized carbons (Fsp3) is 0.440. The first-order valence-corrected chi connectivity index (χ1v) is 11.3. The highest BCUT2D eigenvalue weighted by Gasteiger charge is 2.12. The molecule has 0 aliphatic carbocycles. The second kappa shape index (κ2) is 13.3. The average Bonchev–Trinajstić information content (AvgIpc) is 3.25. The van der Waals surface area contributed by atoms with E-state index in [0.29, 0.717) is 12.1 Å². The molecular weight excluding hydrogens is 515 g/mol. The fourth-order valence-electron chi connectivity index (χ4n) is 3.40. The van der Waals surface area contributed by atoms with E-state index in [-0.39, 0.29) is 35.9 Å². The molecule has 32 heavy (non-hydrogen) atoms. The number of guanidine groups is 1. The second-order valence-electron chi connectivity index (χ2n) is 7.89. The molecule has 6 nitrogen and oxygen atoms in total. The maximum atomic E-state index is 12.2. The van der Waals surface area contributed by atoms with E-state index >= 15 is 0 Å².